The number of carbonyl (C=O) groups is 2. The van der Waals surface area contributed by atoms with E-state index >= 15 is 0 Å². The van der Waals surface area contributed by atoms with Gasteiger partial charge in [0.05, 0.1) is 46.7 Å². The molecule has 22 nitrogen and oxygen atoms in total. The van der Waals surface area contributed by atoms with Gasteiger partial charge in [-0.05, 0) is 67.1 Å². The van der Waals surface area contributed by atoms with Gasteiger partial charge in [0.25, 0.3) is 0 Å². The first kappa shape index (κ1) is 49.8. The first-order chi connectivity index (χ1) is 34.2. The summed E-state index contributed by atoms with van der Waals surface area (Å²) < 4.78 is 48.9. The van der Waals surface area contributed by atoms with E-state index in [0.29, 0.717) is 5.75 Å². The van der Waals surface area contributed by atoms with E-state index in [1.165, 1.54) is 78.9 Å². The highest BCUT2D eigenvalue weighted by molar-refractivity contribution is 5.96. The van der Waals surface area contributed by atoms with Crippen molar-refractivity contribution in [3.05, 3.63) is 116 Å². The van der Waals surface area contributed by atoms with Crippen molar-refractivity contribution >= 4 is 33.9 Å². The average molecular weight is 993 g/mol. The number of fused-ring (bicyclic) bond motifs is 2. The Balaban J connectivity index is 0.000000212. The molecule has 22 heteroatoms. The minimum absolute atomic E-state index is 0.168. The third kappa shape index (κ3) is 9.37. The lowest BCUT2D eigenvalue weighted by molar-refractivity contribution is 0.0721. The summed E-state index contributed by atoms with van der Waals surface area (Å²) >= 11 is 0. The van der Waals surface area contributed by atoms with Gasteiger partial charge in [-0.3, -0.25) is 9.59 Å². The number of phenols is 9. The quantitative estimate of drug-likeness (QED) is 0.0462. The molecule has 2 aromatic heterocycles. The molecule has 0 saturated carbocycles. The molecular weight excluding hydrogens is 953 g/mol. The molecule has 0 saturated heterocycles. The molecule has 2 heterocycles. The van der Waals surface area contributed by atoms with Crippen molar-refractivity contribution in [1.82, 2.24) is 0 Å². The fourth-order valence-electron chi connectivity index (χ4n) is 7.20. The topological polar surface area (TPSA) is 341 Å². The molecule has 9 N–H and O–H groups in total. The van der Waals surface area contributed by atoms with Crippen LogP contribution in [-0.4, -0.2) is 93.4 Å². The van der Waals surface area contributed by atoms with Crippen LogP contribution in [0.3, 0.4) is 0 Å². The first-order valence-electron chi connectivity index (χ1n) is 20.5. The smallest absolute Gasteiger partial charge is 0.344 e. The Bertz CT molecular complexity index is 3540. The van der Waals surface area contributed by atoms with E-state index in [0.717, 1.165) is 42.5 Å². The molecule has 0 bridgehead atoms. The number of phenolic OH excluding ortho intramolecular Hbond substituents is 9. The van der Waals surface area contributed by atoms with Gasteiger partial charge in [0.2, 0.25) is 28.1 Å². The van der Waals surface area contributed by atoms with Gasteiger partial charge in [-0.1, -0.05) is 0 Å². The van der Waals surface area contributed by atoms with Crippen molar-refractivity contribution in [1.29, 1.82) is 0 Å². The molecule has 372 valence electrons. The summed E-state index contributed by atoms with van der Waals surface area (Å²) in [6, 6.07) is 15.3. The standard InChI is InChI=1S/C26H22O11.C24H18O11/c1-11-5-13(6-16(29)21(11)30)26(32)37-25-22(31)20-15(28)9-14(27)10-17(20)36-23(25)12-7-18(33-2)24(35-4)19(8-12)34-3;1-32-16-4-3-10(7-17(16)33-2)22-23(21(30)19-13(26)8-12(25)9-18(19)34-22)35-24(31)11-5-14(27)20(29)15(28)6-11/h5-10,27-30H,1-4H3;3-9,25-29H,1-2H3. The van der Waals surface area contributed by atoms with Crippen LogP contribution in [0.4, 0.5) is 0 Å². The third-order valence-electron chi connectivity index (χ3n) is 10.6. The number of aromatic hydroxyl groups is 9. The molecule has 0 aliphatic rings. The maximum absolute atomic E-state index is 13.5. The van der Waals surface area contributed by atoms with Gasteiger partial charge in [-0.15, -0.1) is 0 Å². The number of ether oxygens (including phenoxy) is 7. The van der Waals surface area contributed by atoms with Gasteiger partial charge in [0.15, 0.2) is 63.3 Å². The van der Waals surface area contributed by atoms with Gasteiger partial charge in [0, 0.05) is 35.4 Å². The Hall–Kier alpha value is -10.1. The predicted molar refractivity (Wildman–Crippen MR) is 251 cm³/mol. The van der Waals surface area contributed by atoms with Crippen LogP contribution in [-0.2, 0) is 0 Å². The molecule has 0 spiro atoms. The Kier molecular flexibility index (Phi) is 13.7. The number of methoxy groups -OCH3 is 5. The monoisotopic (exact) mass is 992 g/mol. The van der Waals surface area contributed by atoms with Crippen LogP contribution in [0.25, 0.3) is 44.6 Å². The van der Waals surface area contributed by atoms with Crippen molar-refractivity contribution in [2.24, 2.45) is 0 Å². The number of esters is 2. The molecular formula is C50H40O22. The number of aryl methyl sites for hydroxylation is 1. The van der Waals surface area contributed by atoms with E-state index in [2.05, 4.69) is 0 Å². The lowest BCUT2D eigenvalue weighted by Crippen LogP contribution is -2.16. The van der Waals surface area contributed by atoms with Gasteiger partial charge in [0.1, 0.15) is 44.9 Å². The number of hydrogen-bond acceptors (Lipinski definition) is 22. The Morgan fingerprint density at radius 3 is 1.28 bits per heavy atom. The second-order valence-corrected chi connectivity index (χ2v) is 15.1. The number of benzene rings is 6. The molecule has 0 fully saturated rings. The van der Waals surface area contributed by atoms with Crippen molar-refractivity contribution in [3.8, 4) is 115 Å². The predicted octanol–water partition coefficient (Wildman–Crippen LogP) is 7.06. The molecule has 0 aliphatic carbocycles. The van der Waals surface area contributed by atoms with Crippen molar-refractivity contribution in [3.63, 3.8) is 0 Å². The Labute approximate surface area is 403 Å². The normalized spacial score (nSPS) is 10.8. The largest absolute Gasteiger partial charge is 0.508 e. The van der Waals surface area contributed by atoms with Crippen LogP contribution >= 0.6 is 0 Å². The summed E-state index contributed by atoms with van der Waals surface area (Å²) in [6.45, 7) is 1.46. The second kappa shape index (κ2) is 19.8. The molecule has 0 aliphatic heterocycles. The zero-order valence-corrected chi connectivity index (χ0v) is 38.3. The molecule has 0 unspecified atom stereocenters. The summed E-state index contributed by atoms with van der Waals surface area (Å²) in [5, 5.41) is 88.3. The minimum Gasteiger partial charge on any atom is -0.508 e. The van der Waals surface area contributed by atoms with E-state index in [1.54, 1.807) is 0 Å². The SMILES string of the molecule is COc1cc(-c2oc3cc(O)cc(O)c3c(=O)c2OC(=O)c2cc(C)c(O)c(O)c2)cc(OC)c1OC.COc1ccc(-c2oc3cc(O)cc(O)c3c(=O)c2OC(=O)c2cc(O)c(O)c(O)c2)cc1OC. The lowest BCUT2D eigenvalue weighted by atomic mass is 10.1. The highest BCUT2D eigenvalue weighted by atomic mass is 16.6. The molecule has 0 radical (unpaired) electrons. The molecule has 0 atom stereocenters. The number of hydrogen-bond donors (Lipinski definition) is 9. The molecule has 8 aromatic rings. The van der Waals surface area contributed by atoms with E-state index in [1.807, 2.05) is 0 Å². The first-order valence-corrected chi connectivity index (χ1v) is 20.5. The Morgan fingerprint density at radius 2 is 0.847 bits per heavy atom. The third-order valence-corrected chi connectivity index (χ3v) is 10.6. The van der Waals surface area contributed by atoms with E-state index < -0.39 is 80.1 Å². The van der Waals surface area contributed by atoms with Crippen LogP contribution in [0, 0.1) is 6.92 Å². The fourth-order valence-corrected chi connectivity index (χ4v) is 7.20. The minimum atomic E-state index is -1.19. The lowest BCUT2D eigenvalue weighted by Gasteiger charge is -2.16. The van der Waals surface area contributed by atoms with Crippen LogP contribution in [0.1, 0.15) is 26.3 Å². The summed E-state index contributed by atoms with van der Waals surface area (Å²) in [5.41, 5.74) is -2.25. The maximum atomic E-state index is 13.5. The van der Waals surface area contributed by atoms with Crippen molar-refractivity contribution in [2.45, 2.75) is 6.92 Å². The van der Waals surface area contributed by atoms with E-state index in [9.17, 15) is 65.1 Å². The highest BCUT2D eigenvalue weighted by Crippen LogP contribution is 2.45. The van der Waals surface area contributed by atoms with Crippen molar-refractivity contribution < 1.29 is 97.5 Å². The molecule has 8 rings (SSSR count). The van der Waals surface area contributed by atoms with Gasteiger partial charge in [-0.25, -0.2) is 9.59 Å². The Morgan fingerprint density at radius 1 is 0.431 bits per heavy atom. The number of carbonyl (C=O) groups excluding carboxylic acids is 2. The average Bonchev–Trinajstić information content (AvgIpc) is 3.34. The van der Waals surface area contributed by atoms with Gasteiger partial charge >= 0.3 is 11.9 Å². The zero-order chi connectivity index (χ0) is 52.5. The van der Waals surface area contributed by atoms with Crippen molar-refractivity contribution in [2.75, 3.05) is 35.5 Å². The van der Waals surface area contributed by atoms with Crippen LogP contribution in [0.5, 0.6) is 92.0 Å². The summed E-state index contributed by atoms with van der Waals surface area (Å²) in [6.07, 6.45) is 0. The second-order valence-electron chi connectivity index (χ2n) is 15.1. The van der Waals surface area contributed by atoms with Gasteiger partial charge < -0.3 is 88.0 Å². The molecule has 0 amide bonds. The van der Waals surface area contributed by atoms with Crippen LogP contribution in [0.15, 0.2) is 97.3 Å². The van der Waals surface area contributed by atoms with E-state index in [-0.39, 0.29) is 90.2 Å². The van der Waals surface area contributed by atoms with Gasteiger partial charge in [-0.2, -0.15) is 0 Å². The fraction of sp³-hybridized carbons (Fsp3) is 0.120. The van der Waals surface area contributed by atoms with Crippen LogP contribution < -0.4 is 44.0 Å². The summed E-state index contributed by atoms with van der Waals surface area (Å²) in [7, 11) is 6.99. The summed E-state index contributed by atoms with van der Waals surface area (Å²) in [4.78, 5) is 52.6. The molecule has 72 heavy (non-hydrogen) atoms. The zero-order valence-electron chi connectivity index (χ0n) is 38.3. The molecule has 6 aromatic carbocycles. The maximum Gasteiger partial charge on any atom is 0.344 e. The van der Waals surface area contributed by atoms with Crippen LogP contribution in [0.2, 0.25) is 0 Å². The van der Waals surface area contributed by atoms with E-state index in [4.69, 9.17) is 42.0 Å². The number of rotatable bonds is 11. The summed E-state index contributed by atoms with van der Waals surface area (Å²) in [5.74, 6) is -8.09. The highest BCUT2D eigenvalue weighted by Gasteiger charge is 2.28.